The van der Waals surface area contributed by atoms with Crippen molar-refractivity contribution in [3.63, 3.8) is 0 Å². The number of fused-ring (bicyclic) bond motifs is 1. The summed E-state index contributed by atoms with van der Waals surface area (Å²) < 4.78 is 40.8. The van der Waals surface area contributed by atoms with E-state index in [2.05, 4.69) is 4.74 Å². The maximum absolute atomic E-state index is 11.9. The Hall–Kier alpha value is -2.02. The van der Waals surface area contributed by atoms with Crippen molar-refractivity contribution in [2.45, 2.75) is 12.9 Å². The molecule has 2 aromatic rings. The maximum atomic E-state index is 11.9. The Morgan fingerprint density at radius 2 is 2.05 bits per heavy atom. The third-order valence-electron chi connectivity index (χ3n) is 2.64. The van der Waals surface area contributed by atoms with Crippen LogP contribution in [0.5, 0.6) is 0 Å². The van der Waals surface area contributed by atoms with Gasteiger partial charge in [0.25, 0.3) is 0 Å². The average molecular weight is 273 g/mol. The fourth-order valence-electron chi connectivity index (χ4n) is 1.86. The van der Waals surface area contributed by atoms with E-state index >= 15 is 0 Å². The Morgan fingerprint density at radius 1 is 1.32 bits per heavy atom. The van der Waals surface area contributed by atoms with Crippen molar-refractivity contribution in [2.75, 3.05) is 6.61 Å². The fourth-order valence-corrected chi connectivity index (χ4v) is 1.86. The quantitative estimate of drug-likeness (QED) is 0.931. The van der Waals surface area contributed by atoms with Crippen LogP contribution < -0.4 is 0 Å². The molecule has 0 spiro atoms. The highest BCUT2D eigenvalue weighted by molar-refractivity contribution is 6.02. The van der Waals surface area contributed by atoms with Crippen LogP contribution >= 0.6 is 0 Å². The van der Waals surface area contributed by atoms with Crippen molar-refractivity contribution in [3.05, 3.63) is 36.0 Å². The summed E-state index contributed by atoms with van der Waals surface area (Å²) in [6.07, 6.45) is -3.12. The summed E-state index contributed by atoms with van der Waals surface area (Å²) in [5.41, 5.74) is 0.679. The predicted molar refractivity (Wildman–Crippen MR) is 60.9 cm³/mol. The van der Waals surface area contributed by atoms with Crippen molar-refractivity contribution in [3.8, 4) is 0 Å². The van der Waals surface area contributed by atoms with E-state index in [9.17, 15) is 18.0 Å². The van der Waals surface area contributed by atoms with Crippen LogP contribution in [0.2, 0.25) is 0 Å². The highest BCUT2D eigenvalue weighted by Gasteiger charge is 2.28. The number of rotatable bonds is 4. The van der Waals surface area contributed by atoms with E-state index in [1.807, 2.05) is 0 Å². The molecule has 1 aromatic carbocycles. The first-order valence-corrected chi connectivity index (χ1v) is 5.40. The molecule has 0 aliphatic heterocycles. The third-order valence-corrected chi connectivity index (χ3v) is 2.64. The molecular weight excluding hydrogens is 263 g/mol. The van der Waals surface area contributed by atoms with Crippen LogP contribution in [0.1, 0.15) is 10.4 Å². The van der Waals surface area contributed by atoms with E-state index < -0.39 is 18.9 Å². The number of carbonyl (C=O) groups is 1. The number of carboxylic acid groups (broad SMARTS) is 1. The second-order valence-electron chi connectivity index (χ2n) is 3.85. The van der Waals surface area contributed by atoms with Gasteiger partial charge in [0.2, 0.25) is 0 Å². The topological polar surface area (TPSA) is 51.5 Å². The molecule has 4 nitrogen and oxygen atoms in total. The summed E-state index contributed by atoms with van der Waals surface area (Å²) in [7, 11) is 0. The van der Waals surface area contributed by atoms with E-state index in [4.69, 9.17) is 5.11 Å². The number of alkyl halides is 3. The van der Waals surface area contributed by atoms with E-state index in [1.54, 1.807) is 18.2 Å². The first-order valence-electron chi connectivity index (χ1n) is 5.40. The number of ether oxygens (including phenoxy) is 1. The molecule has 0 saturated heterocycles. The molecule has 0 amide bonds. The van der Waals surface area contributed by atoms with Gasteiger partial charge in [-0.15, -0.1) is 13.2 Å². The highest BCUT2D eigenvalue weighted by Crippen LogP contribution is 2.21. The minimum absolute atomic E-state index is 0.00785. The largest absolute Gasteiger partial charge is 0.522 e. The van der Waals surface area contributed by atoms with E-state index in [1.165, 1.54) is 16.8 Å². The molecule has 7 heteroatoms. The lowest BCUT2D eigenvalue weighted by Gasteiger charge is -2.09. The summed E-state index contributed by atoms with van der Waals surface area (Å²) in [5, 5.41) is 9.48. The monoisotopic (exact) mass is 273 g/mol. The second kappa shape index (κ2) is 4.93. The van der Waals surface area contributed by atoms with E-state index in [0.717, 1.165) is 0 Å². The van der Waals surface area contributed by atoms with Crippen LogP contribution in [0.4, 0.5) is 13.2 Å². The number of hydrogen-bond donors (Lipinski definition) is 1. The lowest BCUT2D eigenvalue weighted by atomic mass is 10.1. The molecule has 1 N–H and O–H groups in total. The van der Waals surface area contributed by atoms with Crippen molar-refractivity contribution in [2.24, 2.45) is 0 Å². The number of carboxylic acids is 1. The first kappa shape index (κ1) is 13.4. The molecule has 102 valence electrons. The number of nitrogens with zero attached hydrogens (tertiary/aromatic N) is 1. The maximum Gasteiger partial charge on any atom is 0.522 e. The van der Waals surface area contributed by atoms with E-state index in [0.29, 0.717) is 10.9 Å². The zero-order valence-corrected chi connectivity index (χ0v) is 9.65. The molecule has 0 bridgehead atoms. The number of aromatic carboxylic acids is 1. The Labute approximate surface area is 106 Å². The third kappa shape index (κ3) is 3.05. The number of aromatic nitrogens is 1. The van der Waals surface area contributed by atoms with Gasteiger partial charge in [0.15, 0.2) is 0 Å². The van der Waals surface area contributed by atoms with Crippen LogP contribution in [-0.2, 0) is 11.3 Å². The van der Waals surface area contributed by atoms with Gasteiger partial charge in [-0.2, -0.15) is 0 Å². The Kier molecular flexibility index (Phi) is 3.48. The van der Waals surface area contributed by atoms with Crippen molar-refractivity contribution < 1.29 is 27.8 Å². The minimum Gasteiger partial charge on any atom is -0.478 e. The summed E-state index contributed by atoms with van der Waals surface area (Å²) in [4.78, 5) is 11.0. The van der Waals surface area contributed by atoms with Gasteiger partial charge in [-0.1, -0.05) is 6.07 Å². The van der Waals surface area contributed by atoms with Gasteiger partial charge in [-0.25, -0.2) is 4.79 Å². The van der Waals surface area contributed by atoms with Gasteiger partial charge >= 0.3 is 12.3 Å². The van der Waals surface area contributed by atoms with Gasteiger partial charge in [-0.3, -0.25) is 4.74 Å². The minimum atomic E-state index is -4.66. The normalized spacial score (nSPS) is 11.9. The van der Waals surface area contributed by atoms with Crippen LogP contribution in [-0.4, -0.2) is 28.6 Å². The van der Waals surface area contributed by atoms with Gasteiger partial charge in [0.1, 0.15) is 0 Å². The molecule has 0 saturated carbocycles. The second-order valence-corrected chi connectivity index (χ2v) is 3.85. The molecular formula is C12H10F3NO3. The zero-order chi connectivity index (χ0) is 14.0. The number of halogens is 3. The Balaban J connectivity index is 2.22. The molecule has 0 aliphatic carbocycles. The van der Waals surface area contributed by atoms with Crippen molar-refractivity contribution in [1.29, 1.82) is 0 Å². The average Bonchev–Trinajstić information content (AvgIpc) is 2.70. The molecule has 19 heavy (non-hydrogen) atoms. The van der Waals surface area contributed by atoms with Crippen LogP contribution in [0.3, 0.4) is 0 Å². The Morgan fingerprint density at radius 3 is 2.68 bits per heavy atom. The van der Waals surface area contributed by atoms with Gasteiger partial charge in [-0.05, 0) is 18.2 Å². The first-order chi connectivity index (χ1) is 8.88. The summed E-state index contributed by atoms with van der Waals surface area (Å²) in [5.74, 6) is -1.07. The Bertz CT molecular complexity index is 604. The smallest absolute Gasteiger partial charge is 0.478 e. The number of hydrogen-bond acceptors (Lipinski definition) is 2. The summed E-state index contributed by atoms with van der Waals surface area (Å²) in [6, 6.07) is 6.20. The van der Waals surface area contributed by atoms with Crippen LogP contribution in [0.25, 0.3) is 10.9 Å². The molecule has 0 unspecified atom stereocenters. The van der Waals surface area contributed by atoms with Gasteiger partial charge < -0.3 is 9.67 Å². The lowest BCUT2D eigenvalue weighted by molar-refractivity contribution is -0.325. The van der Waals surface area contributed by atoms with Crippen molar-refractivity contribution >= 4 is 16.9 Å². The standard InChI is InChI=1S/C12H10F3NO3/c13-12(14,15)19-7-6-16-5-4-8-9(11(17)18)2-1-3-10(8)16/h1-5H,6-7H2,(H,17,18). The van der Waals surface area contributed by atoms with Gasteiger partial charge in [0, 0.05) is 23.6 Å². The highest BCUT2D eigenvalue weighted by atomic mass is 19.4. The molecule has 0 radical (unpaired) electrons. The molecule has 0 atom stereocenters. The van der Waals surface area contributed by atoms with Crippen LogP contribution in [0, 0.1) is 0 Å². The molecule has 0 aliphatic rings. The predicted octanol–water partition coefficient (Wildman–Crippen LogP) is 2.88. The molecule has 0 fully saturated rings. The molecule has 1 heterocycles. The van der Waals surface area contributed by atoms with Crippen molar-refractivity contribution in [1.82, 2.24) is 4.57 Å². The number of benzene rings is 1. The lowest BCUT2D eigenvalue weighted by Crippen LogP contribution is -2.17. The van der Waals surface area contributed by atoms with Crippen LogP contribution in [0.15, 0.2) is 30.5 Å². The zero-order valence-electron chi connectivity index (χ0n) is 9.65. The SMILES string of the molecule is O=C(O)c1cccc2c1ccn2CCOC(F)(F)F. The summed E-state index contributed by atoms with van der Waals surface area (Å²) >= 11 is 0. The molecule has 2 rings (SSSR count). The summed E-state index contributed by atoms with van der Waals surface area (Å²) in [6.45, 7) is -0.531. The van der Waals surface area contributed by atoms with Gasteiger partial charge in [0.05, 0.1) is 12.2 Å². The molecule has 1 aromatic heterocycles. The van der Waals surface area contributed by atoms with E-state index in [-0.39, 0.29) is 12.1 Å². The fraction of sp³-hybridized carbons (Fsp3) is 0.250.